The second kappa shape index (κ2) is 8.04. The van der Waals surface area contributed by atoms with E-state index in [9.17, 15) is 13.2 Å². The van der Waals surface area contributed by atoms with Crippen molar-refractivity contribution < 1.29 is 22.7 Å². The second-order valence-electron chi connectivity index (χ2n) is 7.41. The molecule has 0 spiro atoms. The molecule has 0 aromatic heterocycles. The Hall–Kier alpha value is -2.58. The van der Waals surface area contributed by atoms with Crippen LogP contribution in [0.4, 0.5) is 4.79 Å². The standard InChI is InChI=1S/C21H24N2O5S/c1-29(25,26)22-18-9-10-23-19(18)14-15-5-4-6-16(13-15)17-7-2-3-8-20(17)27-11-12-28-21(23)24/h2-8,13,18-19,22H,9-12,14H2,1H3. The summed E-state index contributed by atoms with van der Waals surface area (Å²) in [5, 5.41) is 0. The van der Waals surface area contributed by atoms with Crippen LogP contribution < -0.4 is 9.46 Å². The third-order valence-electron chi connectivity index (χ3n) is 5.28. The van der Waals surface area contributed by atoms with E-state index in [1.54, 1.807) is 4.90 Å². The molecule has 1 saturated heterocycles. The summed E-state index contributed by atoms with van der Waals surface area (Å²) < 4.78 is 37.6. The summed E-state index contributed by atoms with van der Waals surface area (Å²) in [4.78, 5) is 14.3. The third-order valence-corrected chi connectivity index (χ3v) is 6.01. The predicted octanol–water partition coefficient (Wildman–Crippen LogP) is 2.42. The Labute approximate surface area is 170 Å². The first-order valence-electron chi connectivity index (χ1n) is 9.62. The first kappa shape index (κ1) is 19.7. The maximum absolute atomic E-state index is 12.6. The number of carbonyl (C=O) groups is 1. The van der Waals surface area contributed by atoms with Crippen molar-refractivity contribution in [2.75, 3.05) is 26.0 Å². The molecule has 2 atom stereocenters. The molecule has 8 heteroatoms. The van der Waals surface area contributed by atoms with Gasteiger partial charge in [-0.3, -0.25) is 0 Å². The summed E-state index contributed by atoms with van der Waals surface area (Å²) in [6, 6.07) is 15.1. The summed E-state index contributed by atoms with van der Waals surface area (Å²) in [6.45, 7) is 0.807. The SMILES string of the molecule is CS(=O)(=O)NC1CCN2C(=O)OCCOc3ccccc3-c3cccc(c3)CC12. The molecule has 1 amide bonds. The molecule has 7 nitrogen and oxygen atoms in total. The number of nitrogens with zero attached hydrogens (tertiary/aromatic N) is 1. The number of hydrogen-bond donors (Lipinski definition) is 1. The van der Waals surface area contributed by atoms with Gasteiger partial charge < -0.3 is 14.4 Å². The molecule has 2 aromatic carbocycles. The maximum Gasteiger partial charge on any atom is 0.410 e. The van der Waals surface area contributed by atoms with Crippen LogP contribution in [0.2, 0.25) is 0 Å². The van der Waals surface area contributed by atoms with Crippen molar-refractivity contribution in [2.24, 2.45) is 0 Å². The monoisotopic (exact) mass is 416 g/mol. The lowest BCUT2D eigenvalue weighted by atomic mass is 9.96. The van der Waals surface area contributed by atoms with Crippen LogP contribution >= 0.6 is 0 Å². The second-order valence-corrected chi connectivity index (χ2v) is 9.19. The zero-order chi connectivity index (χ0) is 20.4. The van der Waals surface area contributed by atoms with Crippen molar-refractivity contribution in [1.29, 1.82) is 0 Å². The van der Waals surface area contributed by atoms with Crippen molar-refractivity contribution in [1.82, 2.24) is 9.62 Å². The Bertz CT molecular complexity index is 1010. The molecule has 154 valence electrons. The number of para-hydroxylation sites is 1. The van der Waals surface area contributed by atoms with Crippen LogP contribution in [0.5, 0.6) is 5.75 Å². The Morgan fingerprint density at radius 2 is 1.86 bits per heavy atom. The lowest BCUT2D eigenvalue weighted by Crippen LogP contribution is -2.47. The van der Waals surface area contributed by atoms with Gasteiger partial charge >= 0.3 is 6.09 Å². The molecule has 0 radical (unpaired) electrons. The molecule has 2 aromatic rings. The van der Waals surface area contributed by atoms with Gasteiger partial charge in [0.1, 0.15) is 19.0 Å². The van der Waals surface area contributed by atoms with Gasteiger partial charge in [0.15, 0.2) is 0 Å². The largest absolute Gasteiger partial charge is 0.489 e. The first-order chi connectivity index (χ1) is 13.9. The number of cyclic esters (lactones) is 1. The van der Waals surface area contributed by atoms with Crippen LogP contribution in [-0.4, -0.2) is 57.5 Å². The summed E-state index contributed by atoms with van der Waals surface area (Å²) in [7, 11) is -3.39. The molecule has 2 heterocycles. The molecule has 1 fully saturated rings. The van der Waals surface area contributed by atoms with Gasteiger partial charge in [-0.15, -0.1) is 0 Å². The van der Waals surface area contributed by atoms with Gasteiger partial charge in [0.25, 0.3) is 0 Å². The predicted molar refractivity (Wildman–Crippen MR) is 109 cm³/mol. The van der Waals surface area contributed by atoms with Gasteiger partial charge in [-0.25, -0.2) is 17.9 Å². The molecular weight excluding hydrogens is 392 g/mol. The van der Waals surface area contributed by atoms with E-state index in [1.165, 1.54) is 0 Å². The number of amides is 1. The van der Waals surface area contributed by atoms with Gasteiger partial charge in [0, 0.05) is 18.2 Å². The van der Waals surface area contributed by atoms with E-state index in [0.717, 1.165) is 28.7 Å². The van der Waals surface area contributed by atoms with Crippen LogP contribution in [0.3, 0.4) is 0 Å². The van der Waals surface area contributed by atoms with Gasteiger partial charge in [-0.05, 0) is 30.0 Å². The van der Waals surface area contributed by atoms with E-state index >= 15 is 0 Å². The quantitative estimate of drug-likeness (QED) is 0.813. The van der Waals surface area contributed by atoms with Gasteiger partial charge in [0.05, 0.1) is 12.3 Å². The Kier molecular flexibility index (Phi) is 5.47. The number of ether oxygens (including phenoxy) is 2. The summed E-state index contributed by atoms with van der Waals surface area (Å²) in [6.07, 6.45) is 1.77. The third kappa shape index (κ3) is 4.54. The molecule has 2 bridgehead atoms. The summed E-state index contributed by atoms with van der Waals surface area (Å²) in [5.74, 6) is 0.733. The fourth-order valence-corrected chi connectivity index (χ4v) is 4.87. The van der Waals surface area contributed by atoms with Crippen molar-refractivity contribution >= 4 is 16.1 Å². The smallest absolute Gasteiger partial charge is 0.410 e. The minimum atomic E-state index is -3.39. The van der Waals surface area contributed by atoms with Crippen molar-refractivity contribution in [3.8, 4) is 16.9 Å². The first-order valence-corrected chi connectivity index (χ1v) is 11.5. The number of hydrogen-bond acceptors (Lipinski definition) is 5. The normalized spacial score (nSPS) is 22.2. The number of nitrogens with one attached hydrogen (secondary N) is 1. The van der Waals surface area contributed by atoms with Gasteiger partial charge in [-0.2, -0.15) is 0 Å². The Balaban J connectivity index is 1.72. The van der Waals surface area contributed by atoms with Crippen LogP contribution in [0.1, 0.15) is 12.0 Å². The fraction of sp³-hybridized carbons (Fsp3) is 0.381. The van der Waals surface area contributed by atoms with Gasteiger partial charge in [0.2, 0.25) is 10.0 Å². The molecule has 0 aliphatic carbocycles. The molecular formula is C21H24N2O5S. The minimum Gasteiger partial charge on any atom is -0.489 e. The maximum atomic E-state index is 12.6. The van der Waals surface area contributed by atoms with Crippen LogP contribution in [0, 0.1) is 0 Å². The van der Waals surface area contributed by atoms with Crippen LogP contribution in [-0.2, 0) is 21.2 Å². The molecule has 1 N–H and O–H groups in total. The molecule has 0 saturated carbocycles. The zero-order valence-corrected chi connectivity index (χ0v) is 17.0. The molecule has 2 aliphatic rings. The highest BCUT2D eigenvalue weighted by molar-refractivity contribution is 7.88. The fourth-order valence-electron chi connectivity index (χ4n) is 4.05. The molecule has 29 heavy (non-hydrogen) atoms. The van der Waals surface area contributed by atoms with E-state index in [-0.39, 0.29) is 25.3 Å². The zero-order valence-electron chi connectivity index (χ0n) is 16.2. The summed E-state index contributed by atoms with van der Waals surface area (Å²) in [5.41, 5.74) is 3.00. The number of sulfonamides is 1. The molecule has 4 rings (SSSR count). The molecule has 2 aliphatic heterocycles. The van der Waals surface area contributed by atoms with E-state index in [0.29, 0.717) is 19.4 Å². The highest BCUT2D eigenvalue weighted by Crippen LogP contribution is 2.32. The minimum absolute atomic E-state index is 0.123. The van der Waals surface area contributed by atoms with Crippen LogP contribution in [0.25, 0.3) is 11.1 Å². The highest BCUT2D eigenvalue weighted by atomic mass is 32.2. The average molecular weight is 416 g/mol. The molecule has 2 unspecified atom stereocenters. The van der Waals surface area contributed by atoms with Crippen molar-refractivity contribution in [3.05, 3.63) is 54.1 Å². The van der Waals surface area contributed by atoms with Gasteiger partial charge in [-0.1, -0.05) is 42.5 Å². The van der Waals surface area contributed by atoms with Crippen molar-refractivity contribution in [2.45, 2.75) is 24.9 Å². The number of rotatable bonds is 2. The lowest BCUT2D eigenvalue weighted by molar-refractivity contribution is 0.0833. The number of fused-ring (bicyclic) bond motifs is 5. The van der Waals surface area contributed by atoms with E-state index in [2.05, 4.69) is 10.8 Å². The Morgan fingerprint density at radius 1 is 1.07 bits per heavy atom. The lowest BCUT2D eigenvalue weighted by Gasteiger charge is -2.28. The highest BCUT2D eigenvalue weighted by Gasteiger charge is 2.39. The van der Waals surface area contributed by atoms with E-state index < -0.39 is 16.1 Å². The van der Waals surface area contributed by atoms with Crippen molar-refractivity contribution in [3.63, 3.8) is 0 Å². The van der Waals surface area contributed by atoms with E-state index in [4.69, 9.17) is 9.47 Å². The average Bonchev–Trinajstić information content (AvgIpc) is 3.06. The number of benzene rings is 2. The number of carbonyl (C=O) groups excluding carboxylic acids is 1. The van der Waals surface area contributed by atoms with Crippen LogP contribution in [0.15, 0.2) is 48.5 Å². The summed E-state index contributed by atoms with van der Waals surface area (Å²) >= 11 is 0. The van der Waals surface area contributed by atoms with E-state index in [1.807, 2.05) is 42.5 Å². The Morgan fingerprint density at radius 3 is 2.69 bits per heavy atom. The topological polar surface area (TPSA) is 84.9 Å².